The zero-order valence-electron chi connectivity index (χ0n) is 11.0. The van der Waals surface area contributed by atoms with Gasteiger partial charge in [0.15, 0.2) is 5.78 Å². The summed E-state index contributed by atoms with van der Waals surface area (Å²) in [4.78, 5) is 23.1. The van der Waals surface area contributed by atoms with Gasteiger partial charge in [-0.25, -0.2) is 0 Å². The fourth-order valence-corrected chi connectivity index (χ4v) is 2.86. The number of rotatable bonds is 4. The fraction of sp³-hybridized carbons (Fsp3) is 0.533. The molecule has 0 aliphatic heterocycles. The summed E-state index contributed by atoms with van der Waals surface area (Å²) in [6.07, 6.45) is 4.65. The Bertz CT molecular complexity index is 444. The minimum atomic E-state index is -0.546. The lowest BCUT2D eigenvalue weighted by atomic mass is 9.88. The highest BCUT2D eigenvalue weighted by molar-refractivity contribution is 5.96. The highest BCUT2D eigenvalue weighted by Crippen LogP contribution is 2.29. The first kappa shape index (κ1) is 13.7. The molecule has 1 aliphatic rings. The van der Waals surface area contributed by atoms with Crippen LogP contribution in [0, 0.1) is 16.0 Å². The molecular formula is C15H19NO3. The van der Waals surface area contributed by atoms with Crippen LogP contribution in [0.4, 0.5) is 0 Å². The van der Waals surface area contributed by atoms with E-state index in [1.165, 1.54) is 0 Å². The first-order valence-electron chi connectivity index (χ1n) is 6.90. The second kappa shape index (κ2) is 6.45. The minimum Gasteiger partial charge on any atom is -0.294 e. The molecule has 0 radical (unpaired) electrons. The van der Waals surface area contributed by atoms with Crippen LogP contribution in [-0.2, 0) is 0 Å². The van der Waals surface area contributed by atoms with Gasteiger partial charge in [-0.1, -0.05) is 43.2 Å². The summed E-state index contributed by atoms with van der Waals surface area (Å²) in [5.74, 6) is -0.0791. The number of ketones is 1. The summed E-state index contributed by atoms with van der Waals surface area (Å²) in [6, 6.07) is 8.52. The van der Waals surface area contributed by atoms with E-state index < -0.39 is 6.04 Å². The van der Waals surface area contributed by atoms with Gasteiger partial charge in [-0.3, -0.25) is 14.9 Å². The first-order chi connectivity index (χ1) is 9.18. The molecule has 0 spiro atoms. The second-order valence-corrected chi connectivity index (χ2v) is 5.24. The molecule has 102 valence electrons. The Balaban J connectivity index is 2.06. The van der Waals surface area contributed by atoms with Crippen LogP contribution in [0.3, 0.4) is 0 Å². The van der Waals surface area contributed by atoms with E-state index >= 15 is 0 Å². The monoisotopic (exact) mass is 261 g/mol. The van der Waals surface area contributed by atoms with Gasteiger partial charge in [0.1, 0.15) is 0 Å². The fourth-order valence-electron chi connectivity index (χ4n) is 2.86. The van der Waals surface area contributed by atoms with E-state index in [0.29, 0.717) is 18.4 Å². The van der Waals surface area contributed by atoms with Crippen LogP contribution in [0.25, 0.3) is 0 Å². The summed E-state index contributed by atoms with van der Waals surface area (Å²) >= 11 is 0. The van der Waals surface area contributed by atoms with Gasteiger partial charge in [0.25, 0.3) is 0 Å². The maximum atomic E-state index is 12.2. The smallest absolute Gasteiger partial charge is 0.216 e. The Morgan fingerprint density at radius 3 is 2.53 bits per heavy atom. The maximum Gasteiger partial charge on any atom is 0.216 e. The molecule has 1 aromatic carbocycles. The molecule has 4 nitrogen and oxygen atoms in total. The quantitative estimate of drug-likeness (QED) is 0.361. The third-order valence-corrected chi connectivity index (χ3v) is 3.93. The van der Waals surface area contributed by atoms with Crippen molar-refractivity contribution in [1.29, 1.82) is 0 Å². The summed E-state index contributed by atoms with van der Waals surface area (Å²) in [5.41, 5.74) is 0.661. The Morgan fingerprint density at radius 1 is 1.16 bits per heavy atom. The zero-order chi connectivity index (χ0) is 13.7. The summed E-state index contributed by atoms with van der Waals surface area (Å²) < 4.78 is 0. The molecule has 2 rings (SSSR count). The van der Waals surface area contributed by atoms with Gasteiger partial charge >= 0.3 is 0 Å². The van der Waals surface area contributed by atoms with Gasteiger partial charge in [0, 0.05) is 29.2 Å². The highest BCUT2D eigenvalue weighted by Gasteiger charge is 2.34. The molecule has 2 atom stereocenters. The molecule has 0 bridgehead atoms. The highest BCUT2D eigenvalue weighted by atomic mass is 16.6. The standard InChI is InChI=1S/C15H19NO3/c17-15(12-7-3-1-4-8-12)11-13-9-5-2-6-10-14(13)16(18)19/h1,3-4,7-8,13-14H,2,5-6,9-11H2. The van der Waals surface area contributed by atoms with Crippen LogP contribution in [0.15, 0.2) is 30.3 Å². The van der Waals surface area contributed by atoms with Crippen molar-refractivity contribution in [2.75, 3.05) is 0 Å². The number of nitrogens with zero attached hydrogens (tertiary/aromatic N) is 1. The van der Waals surface area contributed by atoms with E-state index in [0.717, 1.165) is 25.7 Å². The van der Waals surface area contributed by atoms with E-state index in [9.17, 15) is 14.9 Å². The van der Waals surface area contributed by atoms with Gasteiger partial charge in [-0.05, 0) is 12.8 Å². The van der Waals surface area contributed by atoms with Crippen LogP contribution in [-0.4, -0.2) is 16.7 Å². The van der Waals surface area contributed by atoms with Crippen molar-refractivity contribution in [3.63, 3.8) is 0 Å². The van der Waals surface area contributed by atoms with Gasteiger partial charge < -0.3 is 0 Å². The Morgan fingerprint density at radius 2 is 1.84 bits per heavy atom. The maximum absolute atomic E-state index is 12.2. The molecular weight excluding hydrogens is 242 g/mol. The number of nitro groups is 1. The Labute approximate surface area is 113 Å². The minimum absolute atomic E-state index is 0.0272. The number of hydrogen-bond acceptors (Lipinski definition) is 3. The number of hydrogen-bond donors (Lipinski definition) is 0. The predicted octanol–water partition coefficient (Wildman–Crippen LogP) is 3.49. The van der Waals surface area contributed by atoms with E-state index in [4.69, 9.17) is 0 Å². The number of carbonyl (C=O) groups is 1. The van der Waals surface area contributed by atoms with Crippen LogP contribution >= 0.6 is 0 Å². The third kappa shape index (κ3) is 3.63. The van der Waals surface area contributed by atoms with Gasteiger partial charge in [-0.2, -0.15) is 0 Å². The molecule has 0 amide bonds. The van der Waals surface area contributed by atoms with Crippen molar-refractivity contribution in [3.05, 3.63) is 46.0 Å². The number of Topliss-reactive ketones (excluding diaryl/α,β-unsaturated/α-hetero) is 1. The van der Waals surface area contributed by atoms with Crippen molar-refractivity contribution in [1.82, 2.24) is 0 Å². The molecule has 1 fully saturated rings. The van der Waals surface area contributed by atoms with Crippen molar-refractivity contribution >= 4 is 5.78 Å². The predicted molar refractivity (Wildman–Crippen MR) is 72.7 cm³/mol. The number of carbonyl (C=O) groups excluding carboxylic acids is 1. The molecule has 1 saturated carbocycles. The van der Waals surface area contributed by atoms with Crippen molar-refractivity contribution in [2.24, 2.45) is 5.92 Å². The van der Waals surface area contributed by atoms with E-state index in [-0.39, 0.29) is 16.6 Å². The molecule has 0 N–H and O–H groups in total. The van der Waals surface area contributed by atoms with E-state index in [1.54, 1.807) is 12.1 Å². The van der Waals surface area contributed by atoms with Crippen LogP contribution in [0.5, 0.6) is 0 Å². The lowest BCUT2D eigenvalue weighted by Crippen LogP contribution is -2.30. The van der Waals surface area contributed by atoms with Gasteiger partial charge in [0.2, 0.25) is 6.04 Å². The van der Waals surface area contributed by atoms with Crippen molar-refractivity contribution in [3.8, 4) is 0 Å². The summed E-state index contributed by atoms with van der Waals surface area (Å²) in [7, 11) is 0. The Hall–Kier alpha value is -1.71. The molecule has 0 aromatic heterocycles. The molecule has 1 aliphatic carbocycles. The zero-order valence-corrected chi connectivity index (χ0v) is 11.0. The molecule has 0 heterocycles. The molecule has 4 heteroatoms. The van der Waals surface area contributed by atoms with Crippen LogP contribution in [0.1, 0.15) is 48.9 Å². The average molecular weight is 261 g/mol. The summed E-state index contributed by atoms with van der Waals surface area (Å²) in [5, 5.41) is 11.1. The largest absolute Gasteiger partial charge is 0.294 e. The SMILES string of the molecule is O=C(CC1CCCCCC1[N+](=O)[O-])c1ccccc1. The third-order valence-electron chi connectivity index (χ3n) is 3.93. The molecule has 0 saturated heterocycles. The molecule has 2 unspecified atom stereocenters. The van der Waals surface area contributed by atoms with E-state index in [1.807, 2.05) is 18.2 Å². The van der Waals surface area contributed by atoms with Gasteiger partial charge in [-0.15, -0.1) is 0 Å². The van der Waals surface area contributed by atoms with Crippen molar-refractivity contribution in [2.45, 2.75) is 44.6 Å². The Kier molecular flexibility index (Phi) is 4.66. The normalized spacial score (nSPS) is 23.6. The van der Waals surface area contributed by atoms with E-state index in [2.05, 4.69) is 0 Å². The summed E-state index contributed by atoms with van der Waals surface area (Å²) in [6.45, 7) is 0. The first-order valence-corrected chi connectivity index (χ1v) is 6.90. The topological polar surface area (TPSA) is 60.2 Å². The molecule has 1 aromatic rings. The van der Waals surface area contributed by atoms with Gasteiger partial charge in [0.05, 0.1) is 0 Å². The lowest BCUT2D eigenvalue weighted by Gasteiger charge is -2.17. The average Bonchev–Trinajstić information content (AvgIpc) is 2.65. The number of benzene rings is 1. The second-order valence-electron chi connectivity index (χ2n) is 5.24. The lowest BCUT2D eigenvalue weighted by molar-refractivity contribution is -0.532. The van der Waals surface area contributed by atoms with Crippen LogP contribution < -0.4 is 0 Å². The van der Waals surface area contributed by atoms with Crippen LogP contribution in [0.2, 0.25) is 0 Å². The van der Waals surface area contributed by atoms with Crippen molar-refractivity contribution < 1.29 is 9.72 Å². The molecule has 19 heavy (non-hydrogen) atoms.